The molecule has 0 aliphatic carbocycles. The van der Waals surface area contributed by atoms with Gasteiger partial charge in [-0.2, -0.15) is 0 Å². The molecule has 26 heavy (non-hydrogen) atoms. The zero-order chi connectivity index (χ0) is 17.9. The van der Waals surface area contributed by atoms with Crippen molar-refractivity contribution in [2.24, 2.45) is 0 Å². The van der Waals surface area contributed by atoms with E-state index in [1.807, 2.05) is 73.1 Å². The number of aromatic nitrogens is 2. The molecule has 0 bridgehead atoms. The molecule has 2 heterocycles. The minimum absolute atomic E-state index is 0.722. The largest absolute Gasteiger partial charge is 0.256 e. The molecular weight excluding hydrogens is 408 g/mol. The monoisotopic (exact) mass is 420 g/mol. The van der Waals surface area contributed by atoms with Gasteiger partial charge < -0.3 is 0 Å². The SMILES string of the molecule is Clc1ccc(-c2ccc(-c3ccc(-c4ccccc4Br)cn3)cn2)cc1. The highest BCUT2D eigenvalue weighted by atomic mass is 79.9. The molecule has 0 atom stereocenters. The third-order valence-corrected chi connectivity index (χ3v) is 5.09. The highest BCUT2D eigenvalue weighted by molar-refractivity contribution is 9.10. The van der Waals surface area contributed by atoms with Crippen molar-refractivity contribution in [1.82, 2.24) is 9.97 Å². The summed E-state index contributed by atoms with van der Waals surface area (Å²) in [5, 5.41) is 0.722. The second-order valence-electron chi connectivity index (χ2n) is 5.85. The summed E-state index contributed by atoms with van der Waals surface area (Å²) in [6.45, 7) is 0. The van der Waals surface area contributed by atoms with Gasteiger partial charge in [-0.15, -0.1) is 0 Å². The maximum Gasteiger partial charge on any atom is 0.0717 e. The second-order valence-corrected chi connectivity index (χ2v) is 7.14. The molecule has 2 nitrogen and oxygen atoms in total. The molecule has 0 unspecified atom stereocenters. The Labute approximate surface area is 165 Å². The highest BCUT2D eigenvalue weighted by Gasteiger charge is 2.06. The van der Waals surface area contributed by atoms with Gasteiger partial charge in [-0.1, -0.05) is 63.9 Å². The Morgan fingerprint density at radius 1 is 0.615 bits per heavy atom. The normalized spacial score (nSPS) is 10.7. The van der Waals surface area contributed by atoms with E-state index in [0.717, 1.165) is 43.1 Å². The number of halogens is 2. The molecule has 0 amide bonds. The van der Waals surface area contributed by atoms with Crippen LogP contribution >= 0.6 is 27.5 Å². The summed E-state index contributed by atoms with van der Waals surface area (Å²) < 4.78 is 1.06. The van der Waals surface area contributed by atoms with E-state index in [1.165, 1.54) is 0 Å². The lowest BCUT2D eigenvalue weighted by Crippen LogP contribution is -1.88. The molecule has 0 N–H and O–H groups in total. The lowest BCUT2D eigenvalue weighted by molar-refractivity contribution is 1.28. The number of rotatable bonds is 3. The first-order chi connectivity index (χ1) is 12.7. The van der Waals surface area contributed by atoms with Crippen LogP contribution in [-0.4, -0.2) is 9.97 Å². The second kappa shape index (κ2) is 7.40. The number of nitrogens with zero attached hydrogens (tertiary/aromatic N) is 2. The Balaban J connectivity index is 1.60. The first-order valence-electron chi connectivity index (χ1n) is 8.14. The molecule has 126 valence electrons. The highest BCUT2D eigenvalue weighted by Crippen LogP contribution is 2.29. The van der Waals surface area contributed by atoms with Crippen LogP contribution in [0.5, 0.6) is 0 Å². The van der Waals surface area contributed by atoms with Crippen molar-refractivity contribution in [1.29, 1.82) is 0 Å². The van der Waals surface area contributed by atoms with Gasteiger partial charge in [0.25, 0.3) is 0 Å². The predicted octanol–water partition coefficient (Wildman–Crippen LogP) is 6.89. The van der Waals surface area contributed by atoms with Crippen molar-refractivity contribution >= 4 is 27.5 Å². The van der Waals surface area contributed by atoms with Gasteiger partial charge in [-0.25, -0.2) is 0 Å². The minimum atomic E-state index is 0.722. The number of benzene rings is 2. The molecule has 2 aromatic carbocycles. The summed E-state index contributed by atoms with van der Waals surface area (Å²) in [7, 11) is 0. The molecular formula is C22H14BrClN2. The molecule has 4 aromatic rings. The smallest absolute Gasteiger partial charge is 0.0717 e. The van der Waals surface area contributed by atoms with Crippen LogP contribution in [0.25, 0.3) is 33.6 Å². The van der Waals surface area contributed by atoms with Gasteiger partial charge in [0, 0.05) is 38.6 Å². The topological polar surface area (TPSA) is 25.8 Å². The maximum absolute atomic E-state index is 5.94. The van der Waals surface area contributed by atoms with E-state index in [4.69, 9.17) is 11.6 Å². The summed E-state index contributed by atoms with van der Waals surface area (Å²) in [5.41, 5.74) is 6.04. The fourth-order valence-electron chi connectivity index (χ4n) is 2.76. The van der Waals surface area contributed by atoms with Gasteiger partial charge in [-0.3, -0.25) is 9.97 Å². The Morgan fingerprint density at radius 3 is 1.81 bits per heavy atom. The van der Waals surface area contributed by atoms with Crippen molar-refractivity contribution in [3.63, 3.8) is 0 Å². The number of pyridine rings is 2. The molecule has 0 aliphatic rings. The van der Waals surface area contributed by atoms with Crippen molar-refractivity contribution in [2.45, 2.75) is 0 Å². The summed E-state index contributed by atoms with van der Waals surface area (Å²) in [4.78, 5) is 9.16. The first-order valence-corrected chi connectivity index (χ1v) is 9.31. The van der Waals surface area contributed by atoms with E-state index in [0.29, 0.717) is 0 Å². The molecule has 2 aromatic heterocycles. The van der Waals surface area contributed by atoms with Gasteiger partial charge in [0.15, 0.2) is 0 Å². The number of hydrogen-bond acceptors (Lipinski definition) is 2. The van der Waals surface area contributed by atoms with Crippen molar-refractivity contribution in [3.8, 4) is 33.6 Å². The van der Waals surface area contributed by atoms with Crippen LogP contribution in [0.15, 0.2) is 89.7 Å². The maximum atomic E-state index is 5.94. The van der Waals surface area contributed by atoms with Crippen molar-refractivity contribution in [3.05, 3.63) is 94.7 Å². The summed E-state index contributed by atoms with van der Waals surface area (Å²) in [6, 6.07) is 23.9. The average Bonchev–Trinajstić information content (AvgIpc) is 2.69. The molecule has 0 fully saturated rings. The van der Waals surface area contributed by atoms with Crippen LogP contribution < -0.4 is 0 Å². The first kappa shape index (κ1) is 17.0. The fraction of sp³-hybridized carbons (Fsp3) is 0. The molecule has 0 saturated carbocycles. The van der Waals surface area contributed by atoms with Gasteiger partial charge in [-0.05, 0) is 42.0 Å². The molecule has 0 radical (unpaired) electrons. The number of hydrogen-bond donors (Lipinski definition) is 0. The van der Waals surface area contributed by atoms with E-state index in [2.05, 4.69) is 38.0 Å². The lowest BCUT2D eigenvalue weighted by atomic mass is 10.1. The quantitative estimate of drug-likeness (QED) is 0.360. The van der Waals surface area contributed by atoms with Crippen LogP contribution in [-0.2, 0) is 0 Å². The van der Waals surface area contributed by atoms with Crippen molar-refractivity contribution < 1.29 is 0 Å². The van der Waals surface area contributed by atoms with Gasteiger partial charge in [0.05, 0.1) is 11.4 Å². The molecule has 4 heteroatoms. The zero-order valence-corrected chi connectivity index (χ0v) is 16.1. The summed E-state index contributed by atoms with van der Waals surface area (Å²) >= 11 is 9.52. The Kier molecular flexibility index (Phi) is 4.83. The fourth-order valence-corrected chi connectivity index (χ4v) is 3.40. The van der Waals surface area contributed by atoms with E-state index in [-0.39, 0.29) is 0 Å². The molecule has 0 spiro atoms. The minimum Gasteiger partial charge on any atom is -0.256 e. The standard InChI is InChI=1S/C22H14BrClN2/c23-20-4-2-1-3-19(20)16-7-11-22(25-13-16)17-8-12-21(26-14-17)15-5-9-18(24)10-6-15/h1-14H. The van der Waals surface area contributed by atoms with Crippen LogP contribution in [0.3, 0.4) is 0 Å². The van der Waals surface area contributed by atoms with E-state index < -0.39 is 0 Å². The van der Waals surface area contributed by atoms with Crippen LogP contribution in [0.1, 0.15) is 0 Å². The van der Waals surface area contributed by atoms with E-state index >= 15 is 0 Å². The zero-order valence-electron chi connectivity index (χ0n) is 13.7. The van der Waals surface area contributed by atoms with Crippen LogP contribution in [0.2, 0.25) is 5.02 Å². The third kappa shape index (κ3) is 3.55. The molecule has 0 aliphatic heterocycles. The van der Waals surface area contributed by atoms with E-state index in [9.17, 15) is 0 Å². The third-order valence-electron chi connectivity index (χ3n) is 4.15. The molecule has 0 saturated heterocycles. The van der Waals surface area contributed by atoms with E-state index in [1.54, 1.807) is 0 Å². The van der Waals surface area contributed by atoms with Gasteiger partial charge >= 0.3 is 0 Å². The van der Waals surface area contributed by atoms with Crippen LogP contribution in [0, 0.1) is 0 Å². The van der Waals surface area contributed by atoms with Gasteiger partial charge in [0.1, 0.15) is 0 Å². The Bertz CT molecular complexity index is 1030. The summed E-state index contributed by atoms with van der Waals surface area (Å²) in [6.07, 6.45) is 3.74. The lowest BCUT2D eigenvalue weighted by Gasteiger charge is -2.07. The summed E-state index contributed by atoms with van der Waals surface area (Å²) in [5.74, 6) is 0. The van der Waals surface area contributed by atoms with Crippen molar-refractivity contribution in [2.75, 3.05) is 0 Å². The van der Waals surface area contributed by atoms with Crippen LogP contribution in [0.4, 0.5) is 0 Å². The molecule has 4 rings (SSSR count). The predicted molar refractivity (Wildman–Crippen MR) is 111 cm³/mol. The Morgan fingerprint density at radius 2 is 1.19 bits per heavy atom. The average molecular weight is 422 g/mol. The Hall–Kier alpha value is -2.49. The van der Waals surface area contributed by atoms with Gasteiger partial charge in [0.2, 0.25) is 0 Å².